The fourth-order valence-corrected chi connectivity index (χ4v) is 2.00. The van der Waals surface area contributed by atoms with Crippen molar-refractivity contribution < 1.29 is 0 Å². The number of hydrogen-bond acceptors (Lipinski definition) is 3. The first kappa shape index (κ1) is 8.47. The van der Waals surface area contributed by atoms with E-state index < -0.39 is 0 Å². The third kappa shape index (κ3) is 1.64. The zero-order valence-corrected chi connectivity index (χ0v) is 8.19. The van der Waals surface area contributed by atoms with Crippen LogP contribution in [-0.4, -0.2) is 9.97 Å². The third-order valence-electron chi connectivity index (χ3n) is 1.83. The highest BCUT2D eigenvalue weighted by atomic mass is 32.1. The molecule has 0 aliphatic heterocycles. The fraction of sp³-hybridized carbons (Fsp3) is 0.222. The number of nitrogens with zero attached hydrogens (tertiary/aromatic N) is 1. The van der Waals surface area contributed by atoms with Gasteiger partial charge in [0.2, 0.25) is 0 Å². The Hall–Kier alpha value is -1.13. The van der Waals surface area contributed by atoms with E-state index >= 15 is 0 Å². The average Bonchev–Trinajstić information content (AvgIpc) is 2.71. The van der Waals surface area contributed by atoms with Crippen molar-refractivity contribution in [3.05, 3.63) is 29.0 Å². The van der Waals surface area contributed by atoms with Crippen molar-refractivity contribution in [1.82, 2.24) is 9.97 Å². The van der Waals surface area contributed by atoms with Crippen LogP contribution in [0.3, 0.4) is 0 Å². The van der Waals surface area contributed by atoms with Crippen LogP contribution >= 0.6 is 11.3 Å². The number of aromatic amines is 1. The smallest absolute Gasteiger partial charge is 0.120 e. The van der Waals surface area contributed by atoms with Crippen molar-refractivity contribution in [2.45, 2.75) is 13.5 Å². The number of imidazole rings is 1. The Kier molecular flexibility index (Phi) is 2.16. The molecule has 2 aromatic rings. The maximum absolute atomic E-state index is 5.46. The summed E-state index contributed by atoms with van der Waals surface area (Å²) in [5.41, 5.74) is 6.51. The number of aryl methyl sites for hydroxylation is 1. The molecule has 2 aromatic heterocycles. The summed E-state index contributed by atoms with van der Waals surface area (Å²) in [6.45, 7) is 2.55. The molecule has 2 heterocycles. The van der Waals surface area contributed by atoms with Crippen LogP contribution in [0.2, 0.25) is 0 Å². The molecule has 3 N–H and O–H groups in total. The normalized spacial score (nSPS) is 10.6. The molecule has 0 bridgehead atoms. The predicted molar refractivity (Wildman–Crippen MR) is 54.5 cm³/mol. The van der Waals surface area contributed by atoms with Gasteiger partial charge in [0.15, 0.2) is 0 Å². The maximum atomic E-state index is 5.46. The van der Waals surface area contributed by atoms with Gasteiger partial charge in [0.05, 0.1) is 23.3 Å². The van der Waals surface area contributed by atoms with Gasteiger partial charge in [-0.1, -0.05) is 0 Å². The second-order valence-electron chi connectivity index (χ2n) is 2.86. The number of nitrogens with two attached hydrogens (primary N) is 1. The Bertz CT molecular complexity index is 402. The van der Waals surface area contributed by atoms with Gasteiger partial charge in [-0.05, 0) is 19.1 Å². The maximum Gasteiger partial charge on any atom is 0.120 e. The van der Waals surface area contributed by atoms with Crippen molar-refractivity contribution >= 4 is 11.3 Å². The first-order chi connectivity index (χ1) is 6.29. The minimum Gasteiger partial charge on any atom is -0.340 e. The van der Waals surface area contributed by atoms with Gasteiger partial charge >= 0.3 is 0 Å². The second-order valence-corrected chi connectivity index (χ2v) is 4.15. The highest BCUT2D eigenvalue weighted by Crippen LogP contribution is 2.25. The van der Waals surface area contributed by atoms with Crippen LogP contribution in [-0.2, 0) is 6.54 Å². The van der Waals surface area contributed by atoms with Gasteiger partial charge in [-0.3, -0.25) is 0 Å². The van der Waals surface area contributed by atoms with E-state index in [0.29, 0.717) is 6.54 Å². The standard InChI is InChI=1S/C9H11N3S/c1-6-2-3-8(13-6)7-5-11-9(4-10)12-7/h2-3,5H,4,10H2,1H3,(H,11,12). The van der Waals surface area contributed by atoms with Crippen LogP contribution in [0.4, 0.5) is 0 Å². The summed E-state index contributed by atoms with van der Waals surface area (Å²) < 4.78 is 0. The molecule has 13 heavy (non-hydrogen) atoms. The van der Waals surface area contributed by atoms with Gasteiger partial charge in [0, 0.05) is 4.88 Å². The second kappa shape index (κ2) is 3.32. The van der Waals surface area contributed by atoms with Gasteiger partial charge in [0.25, 0.3) is 0 Å². The molecule has 68 valence electrons. The van der Waals surface area contributed by atoms with Crippen LogP contribution in [0, 0.1) is 6.92 Å². The van der Waals surface area contributed by atoms with E-state index in [1.165, 1.54) is 9.75 Å². The van der Waals surface area contributed by atoms with Gasteiger partial charge in [-0.2, -0.15) is 0 Å². The predicted octanol–water partition coefficient (Wildman–Crippen LogP) is 1.91. The summed E-state index contributed by atoms with van der Waals surface area (Å²) in [6, 6.07) is 4.19. The molecule has 0 radical (unpaired) electrons. The molecule has 0 atom stereocenters. The van der Waals surface area contributed by atoms with E-state index in [2.05, 4.69) is 29.0 Å². The van der Waals surface area contributed by atoms with Crippen molar-refractivity contribution in [3.63, 3.8) is 0 Å². The highest BCUT2D eigenvalue weighted by Gasteiger charge is 2.03. The molecule has 0 spiro atoms. The summed E-state index contributed by atoms with van der Waals surface area (Å²) in [4.78, 5) is 9.83. The molecule has 0 fully saturated rings. The van der Waals surface area contributed by atoms with Gasteiger partial charge < -0.3 is 10.7 Å². The van der Waals surface area contributed by atoms with E-state index in [9.17, 15) is 0 Å². The summed E-state index contributed by atoms with van der Waals surface area (Å²) in [5, 5.41) is 0. The molecular weight excluding hydrogens is 182 g/mol. The van der Waals surface area contributed by atoms with Crippen molar-refractivity contribution in [1.29, 1.82) is 0 Å². The zero-order valence-electron chi connectivity index (χ0n) is 7.37. The van der Waals surface area contributed by atoms with Gasteiger partial charge in [0.1, 0.15) is 5.82 Å². The summed E-state index contributed by atoms with van der Waals surface area (Å²) >= 11 is 1.75. The lowest BCUT2D eigenvalue weighted by Gasteiger charge is -1.89. The number of aromatic nitrogens is 2. The molecule has 0 saturated heterocycles. The number of thiophene rings is 1. The first-order valence-corrected chi connectivity index (χ1v) is 4.92. The quantitative estimate of drug-likeness (QED) is 0.765. The zero-order chi connectivity index (χ0) is 9.26. The van der Waals surface area contributed by atoms with Crippen LogP contribution < -0.4 is 5.73 Å². The number of H-pyrrole nitrogens is 1. The summed E-state index contributed by atoms with van der Waals surface area (Å²) in [7, 11) is 0. The lowest BCUT2D eigenvalue weighted by Crippen LogP contribution is -1.97. The fourth-order valence-electron chi connectivity index (χ4n) is 1.17. The van der Waals surface area contributed by atoms with Crippen molar-refractivity contribution in [2.75, 3.05) is 0 Å². The minimum atomic E-state index is 0.463. The van der Waals surface area contributed by atoms with E-state index in [1.807, 2.05) is 6.20 Å². The topological polar surface area (TPSA) is 54.7 Å². The molecule has 0 unspecified atom stereocenters. The van der Waals surface area contributed by atoms with Crippen molar-refractivity contribution in [3.8, 4) is 10.6 Å². The van der Waals surface area contributed by atoms with Gasteiger partial charge in [-0.25, -0.2) is 4.98 Å². The first-order valence-electron chi connectivity index (χ1n) is 4.10. The van der Waals surface area contributed by atoms with Crippen LogP contribution in [0.25, 0.3) is 10.6 Å². The largest absolute Gasteiger partial charge is 0.340 e. The number of nitrogens with one attached hydrogen (secondary N) is 1. The number of rotatable bonds is 2. The molecule has 0 aliphatic carbocycles. The van der Waals surface area contributed by atoms with Crippen LogP contribution in [0.5, 0.6) is 0 Å². The Labute approximate surface area is 80.6 Å². The molecule has 4 heteroatoms. The summed E-state index contributed by atoms with van der Waals surface area (Å²) in [5.74, 6) is 0.834. The van der Waals surface area contributed by atoms with E-state index in [0.717, 1.165) is 11.5 Å². The average molecular weight is 193 g/mol. The molecule has 0 aliphatic rings. The summed E-state index contributed by atoms with van der Waals surface area (Å²) in [6.07, 6.45) is 1.83. The Morgan fingerprint density at radius 2 is 2.38 bits per heavy atom. The number of hydrogen-bond donors (Lipinski definition) is 2. The SMILES string of the molecule is Cc1ccc(-c2cnc(CN)[nH]2)s1. The van der Waals surface area contributed by atoms with Gasteiger partial charge in [-0.15, -0.1) is 11.3 Å². The Morgan fingerprint density at radius 3 is 2.92 bits per heavy atom. The van der Waals surface area contributed by atoms with E-state index in [1.54, 1.807) is 11.3 Å². The van der Waals surface area contributed by atoms with Crippen LogP contribution in [0.1, 0.15) is 10.7 Å². The lowest BCUT2D eigenvalue weighted by atomic mass is 10.4. The molecule has 0 amide bonds. The Balaban J connectivity index is 2.35. The molecule has 0 saturated carbocycles. The lowest BCUT2D eigenvalue weighted by molar-refractivity contribution is 0.951. The highest BCUT2D eigenvalue weighted by molar-refractivity contribution is 7.15. The molecule has 3 nitrogen and oxygen atoms in total. The van der Waals surface area contributed by atoms with E-state index in [-0.39, 0.29) is 0 Å². The van der Waals surface area contributed by atoms with Crippen LogP contribution in [0.15, 0.2) is 18.3 Å². The monoisotopic (exact) mass is 193 g/mol. The van der Waals surface area contributed by atoms with Crippen molar-refractivity contribution in [2.24, 2.45) is 5.73 Å². The van der Waals surface area contributed by atoms with E-state index in [4.69, 9.17) is 5.73 Å². The third-order valence-corrected chi connectivity index (χ3v) is 2.86. The molecule has 2 rings (SSSR count). The Morgan fingerprint density at radius 1 is 1.54 bits per heavy atom. The molecule has 0 aromatic carbocycles. The minimum absolute atomic E-state index is 0.463. The molecular formula is C9H11N3S.